The van der Waals surface area contributed by atoms with Gasteiger partial charge in [0.1, 0.15) is 0 Å². The Morgan fingerprint density at radius 1 is 1.30 bits per heavy atom. The molecule has 3 atom stereocenters. The van der Waals surface area contributed by atoms with E-state index >= 15 is 0 Å². The molecule has 3 rings (SSSR count). The molecular formula is C14H22F3NO2. The van der Waals surface area contributed by atoms with Crippen molar-refractivity contribution in [3.8, 4) is 0 Å². The van der Waals surface area contributed by atoms with Crippen molar-refractivity contribution in [2.24, 2.45) is 5.41 Å². The Hall–Kier alpha value is -0.330. The third kappa shape index (κ3) is 2.16. The predicted molar refractivity (Wildman–Crippen MR) is 67.3 cm³/mol. The molecule has 1 aliphatic carbocycles. The van der Waals surface area contributed by atoms with Crippen molar-refractivity contribution >= 4 is 0 Å². The Morgan fingerprint density at radius 3 is 2.45 bits per heavy atom. The number of β-amino-alcohol motifs (C(OH)–C–C–N with tert-alkyl or cyclic N) is 1. The van der Waals surface area contributed by atoms with Gasteiger partial charge < -0.3 is 9.84 Å². The van der Waals surface area contributed by atoms with Gasteiger partial charge in [-0.2, -0.15) is 13.2 Å². The van der Waals surface area contributed by atoms with Crippen LogP contribution in [-0.2, 0) is 4.74 Å². The molecule has 0 aromatic carbocycles. The van der Waals surface area contributed by atoms with Crippen molar-refractivity contribution in [2.45, 2.75) is 63.0 Å². The summed E-state index contributed by atoms with van der Waals surface area (Å²) in [6.07, 6.45) is 0.707. The molecule has 1 saturated carbocycles. The van der Waals surface area contributed by atoms with Crippen molar-refractivity contribution in [3.05, 3.63) is 0 Å². The van der Waals surface area contributed by atoms with Crippen molar-refractivity contribution in [2.75, 3.05) is 19.7 Å². The van der Waals surface area contributed by atoms with E-state index in [1.807, 2.05) is 0 Å². The third-order valence-corrected chi connectivity index (χ3v) is 5.33. The lowest BCUT2D eigenvalue weighted by molar-refractivity contribution is -0.276. The van der Waals surface area contributed by atoms with E-state index in [0.717, 1.165) is 39.0 Å². The van der Waals surface area contributed by atoms with Crippen LogP contribution in [0.5, 0.6) is 0 Å². The molecule has 0 unspecified atom stereocenters. The number of aliphatic hydroxyl groups is 1. The summed E-state index contributed by atoms with van der Waals surface area (Å²) in [5.74, 6) is 0. The summed E-state index contributed by atoms with van der Waals surface area (Å²) in [5, 5.41) is 9.70. The van der Waals surface area contributed by atoms with Gasteiger partial charge in [-0.1, -0.05) is 6.42 Å². The van der Waals surface area contributed by atoms with Gasteiger partial charge in [-0.05, 0) is 32.6 Å². The summed E-state index contributed by atoms with van der Waals surface area (Å²) in [6, 6.07) is 0.0626. The highest BCUT2D eigenvalue weighted by atomic mass is 19.4. The molecule has 0 radical (unpaired) electrons. The van der Waals surface area contributed by atoms with Crippen LogP contribution in [-0.4, -0.2) is 53.6 Å². The highest BCUT2D eigenvalue weighted by Gasteiger charge is 2.62. The fraction of sp³-hybridized carbons (Fsp3) is 1.00. The standard InChI is InChI=1S/C14H22F3NO2/c1-12(19,14(15,16)17)8-18-9-13(5-3-6-13)11(18)10-4-2-7-20-10/h10-11,19H,2-9H2,1H3/t10-,11+,12+/m1/s1. The first-order valence-corrected chi connectivity index (χ1v) is 7.40. The van der Waals surface area contributed by atoms with Crippen LogP contribution in [0.1, 0.15) is 39.0 Å². The zero-order valence-electron chi connectivity index (χ0n) is 11.7. The van der Waals surface area contributed by atoms with Gasteiger partial charge in [0.05, 0.1) is 6.10 Å². The molecule has 0 aromatic rings. The SMILES string of the molecule is C[C@](O)(CN1CC2(CCC2)[C@@H]1[C@H]1CCCO1)C(F)(F)F. The van der Waals surface area contributed by atoms with Crippen molar-refractivity contribution in [3.63, 3.8) is 0 Å². The van der Waals surface area contributed by atoms with Crippen LogP contribution in [0.3, 0.4) is 0 Å². The minimum absolute atomic E-state index is 0.0492. The Bertz CT molecular complexity index is 373. The average Bonchev–Trinajstić information content (AvgIpc) is 2.72. The lowest BCUT2D eigenvalue weighted by Gasteiger charge is -2.65. The van der Waals surface area contributed by atoms with E-state index in [9.17, 15) is 18.3 Å². The van der Waals surface area contributed by atoms with Gasteiger partial charge in [0.2, 0.25) is 0 Å². The first kappa shape index (κ1) is 14.6. The summed E-state index contributed by atoms with van der Waals surface area (Å²) in [5.41, 5.74) is -2.48. The van der Waals surface area contributed by atoms with Gasteiger partial charge >= 0.3 is 6.18 Å². The van der Waals surface area contributed by atoms with Crippen LogP contribution >= 0.6 is 0 Å². The van der Waals surface area contributed by atoms with Crippen LogP contribution in [0.4, 0.5) is 13.2 Å². The summed E-state index contributed by atoms with van der Waals surface area (Å²) < 4.78 is 44.2. The number of alkyl halides is 3. The van der Waals surface area contributed by atoms with Crippen LogP contribution in [0, 0.1) is 5.41 Å². The summed E-state index contributed by atoms with van der Waals surface area (Å²) in [4.78, 5) is 1.79. The molecular weight excluding hydrogens is 271 g/mol. The van der Waals surface area contributed by atoms with Crippen LogP contribution < -0.4 is 0 Å². The van der Waals surface area contributed by atoms with E-state index in [4.69, 9.17) is 4.74 Å². The zero-order valence-corrected chi connectivity index (χ0v) is 11.7. The van der Waals surface area contributed by atoms with Gasteiger partial charge in [0.25, 0.3) is 0 Å². The molecule has 1 N–H and O–H groups in total. The second kappa shape index (κ2) is 4.58. The van der Waals surface area contributed by atoms with E-state index in [0.29, 0.717) is 13.2 Å². The fourth-order valence-corrected chi connectivity index (χ4v) is 4.08. The van der Waals surface area contributed by atoms with Gasteiger partial charge in [0.15, 0.2) is 5.60 Å². The van der Waals surface area contributed by atoms with E-state index in [-0.39, 0.29) is 24.1 Å². The highest BCUT2D eigenvalue weighted by Crippen LogP contribution is 2.56. The summed E-state index contributed by atoms with van der Waals surface area (Å²) >= 11 is 0. The lowest BCUT2D eigenvalue weighted by Crippen LogP contribution is -2.73. The monoisotopic (exact) mass is 293 g/mol. The van der Waals surface area contributed by atoms with Crippen LogP contribution in [0.2, 0.25) is 0 Å². The maximum absolute atomic E-state index is 12.8. The van der Waals surface area contributed by atoms with Gasteiger partial charge in [-0.15, -0.1) is 0 Å². The number of likely N-dealkylation sites (tertiary alicyclic amines) is 1. The molecule has 3 nitrogen and oxygen atoms in total. The minimum Gasteiger partial charge on any atom is -0.380 e. The molecule has 3 fully saturated rings. The predicted octanol–water partition coefficient (Wildman–Crippen LogP) is 2.33. The molecule has 0 bridgehead atoms. The molecule has 1 spiro atoms. The number of nitrogens with zero attached hydrogens (tertiary/aromatic N) is 1. The highest BCUT2D eigenvalue weighted by molar-refractivity contribution is 5.13. The van der Waals surface area contributed by atoms with Gasteiger partial charge in [-0.3, -0.25) is 4.90 Å². The first-order valence-electron chi connectivity index (χ1n) is 7.40. The third-order valence-electron chi connectivity index (χ3n) is 5.33. The normalized spacial score (nSPS) is 36.5. The fourth-order valence-electron chi connectivity index (χ4n) is 4.08. The lowest BCUT2D eigenvalue weighted by atomic mass is 9.56. The van der Waals surface area contributed by atoms with Gasteiger partial charge in [0, 0.05) is 31.2 Å². The molecule has 6 heteroatoms. The molecule has 3 aliphatic rings. The van der Waals surface area contributed by atoms with E-state index in [1.165, 1.54) is 0 Å². The van der Waals surface area contributed by atoms with E-state index in [1.54, 1.807) is 4.90 Å². The van der Waals surface area contributed by atoms with Gasteiger partial charge in [-0.25, -0.2) is 0 Å². The van der Waals surface area contributed by atoms with E-state index in [2.05, 4.69) is 0 Å². The molecule has 2 saturated heterocycles. The number of ether oxygens (including phenoxy) is 1. The second-order valence-corrected chi connectivity index (χ2v) is 6.89. The molecule has 20 heavy (non-hydrogen) atoms. The van der Waals surface area contributed by atoms with Crippen molar-refractivity contribution in [1.29, 1.82) is 0 Å². The Morgan fingerprint density at radius 2 is 2.00 bits per heavy atom. The largest absolute Gasteiger partial charge is 0.418 e. The van der Waals surface area contributed by atoms with Crippen LogP contribution in [0.25, 0.3) is 0 Å². The molecule has 116 valence electrons. The second-order valence-electron chi connectivity index (χ2n) is 6.89. The summed E-state index contributed by atoms with van der Waals surface area (Å²) in [6.45, 7) is 1.90. The van der Waals surface area contributed by atoms with Crippen molar-refractivity contribution < 1.29 is 23.0 Å². The molecule has 2 aliphatic heterocycles. The maximum Gasteiger partial charge on any atom is 0.418 e. The number of hydrogen-bond donors (Lipinski definition) is 1. The Kier molecular flexibility index (Phi) is 3.34. The number of halogens is 3. The van der Waals surface area contributed by atoms with Crippen LogP contribution in [0.15, 0.2) is 0 Å². The number of hydrogen-bond acceptors (Lipinski definition) is 3. The Labute approximate surface area is 117 Å². The Balaban J connectivity index is 1.70. The topological polar surface area (TPSA) is 32.7 Å². The molecule has 0 amide bonds. The average molecular weight is 293 g/mol. The van der Waals surface area contributed by atoms with E-state index < -0.39 is 11.8 Å². The first-order chi connectivity index (χ1) is 9.25. The maximum atomic E-state index is 12.8. The smallest absolute Gasteiger partial charge is 0.380 e. The minimum atomic E-state index is -4.59. The quantitative estimate of drug-likeness (QED) is 0.867. The summed E-state index contributed by atoms with van der Waals surface area (Å²) in [7, 11) is 0. The molecule has 0 aromatic heterocycles. The zero-order chi connectivity index (χ0) is 14.6. The van der Waals surface area contributed by atoms with Crippen molar-refractivity contribution in [1.82, 2.24) is 4.90 Å². The number of rotatable bonds is 3. The molecule has 2 heterocycles.